The highest BCUT2D eigenvalue weighted by Gasteiger charge is 2.67. The van der Waals surface area contributed by atoms with Crippen molar-refractivity contribution >= 4 is 23.4 Å². The summed E-state index contributed by atoms with van der Waals surface area (Å²) in [6.45, 7) is 2.87. The standard InChI is InChI=1S/C43H49N5O13/c1-26-17-48(47-46-26)13-4-2-3-5-32(54)44-24-42-19-40(11-6-30(52)36-33(55)27(49)8-14-59-36)18-41(20-42,12-7-31(53)37-34(56)28(50)9-15-60-37)22-43(21-40,23-42)25-45-39(58)38-35(57)29(51)10-16-61-38/h8-10,14-17,55-57H,2-7,11-13,18-25H2,1H3,(H,44,54)(H,45,58)/t40-,41+,42?,43?. The van der Waals surface area contributed by atoms with Crippen LogP contribution in [-0.4, -0.2) is 66.8 Å². The zero-order chi connectivity index (χ0) is 43.6. The van der Waals surface area contributed by atoms with Crippen LogP contribution in [0.2, 0.25) is 0 Å². The highest BCUT2D eigenvalue weighted by molar-refractivity contribution is 5.96. The highest BCUT2D eigenvalue weighted by Crippen LogP contribution is 2.75. The van der Waals surface area contributed by atoms with Crippen LogP contribution in [0.1, 0.15) is 127 Å². The third kappa shape index (κ3) is 9.22. The summed E-state index contributed by atoms with van der Waals surface area (Å²) in [5, 5.41) is 45.2. The molecule has 4 fully saturated rings. The smallest absolute Gasteiger partial charge is 0.291 e. The van der Waals surface area contributed by atoms with Gasteiger partial charge in [-0.05, 0) is 92.8 Å². The quantitative estimate of drug-likeness (QED) is 0.0649. The molecule has 18 nitrogen and oxygen atoms in total. The van der Waals surface area contributed by atoms with E-state index < -0.39 is 89.9 Å². The van der Waals surface area contributed by atoms with Gasteiger partial charge in [0.1, 0.15) is 0 Å². The van der Waals surface area contributed by atoms with Crippen molar-refractivity contribution in [1.29, 1.82) is 0 Å². The Kier molecular flexibility index (Phi) is 11.9. The summed E-state index contributed by atoms with van der Waals surface area (Å²) in [5.41, 5.74) is -3.99. The fourth-order valence-corrected chi connectivity index (χ4v) is 11.2. The van der Waals surface area contributed by atoms with Gasteiger partial charge in [0.2, 0.25) is 68.3 Å². The number of unbranched alkanes of at least 4 members (excludes halogenated alkanes) is 2. The van der Waals surface area contributed by atoms with E-state index in [2.05, 4.69) is 20.9 Å². The lowest BCUT2D eigenvalue weighted by Gasteiger charge is -2.71. The first-order valence-electron chi connectivity index (χ1n) is 20.4. The Morgan fingerprint density at radius 1 is 0.639 bits per heavy atom. The molecule has 4 aliphatic rings. The molecule has 0 aromatic carbocycles. The van der Waals surface area contributed by atoms with Crippen LogP contribution in [-0.2, 0) is 11.3 Å². The topological polar surface area (TPSA) is 274 Å². The summed E-state index contributed by atoms with van der Waals surface area (Å²) >= 11 is 0. The molecule has 5 N–H and O–H groups in total. The third-order valence-electron chi connectivity index (χ3n) is 12.8. The largest absolute Gasteiger partial charge is 0.501 e. The normalized spacial score (nSPS) is 23.8. The molecule has 0 radical (unpaired) electrons. The third-order valence-corrected chi connectivity index (χ3v) is 12.8. The lowest BCUT2D eigenvalue weighted by atomic mass is 9.34. The zero-order valence-electron chi connectivity index (χ0n) is 33.8. The van der Waals surface area contributed by atoms with Crippen molar-refractivity contribution in [3.05, 3.63) is 96.8 Å². The van der Waals surface area contributed by atoms with E-state index in [-0.39, 0.29) is 51.1 Å². The van der Waals surface area contributed by atoms with Crippen molar-refractivity contribution in [3.8, 4) is 17.2 Å². The molecule has 61 heavy (non-hydrogen) atoms. The molecule has 0 aliphatic heterocycles. The number of rotatable bonds is 19. The van der Waals surface area contributed by atoms with Gasteiger partial charge in [0.15, 0.2) is 0 Å². The number of nitrogens with zero attached hydrogens (tertiary/aromatic N) is 3. The van der Waals surface area contributed by atoms with Crippen LogP contribution >= 0.6 is 0 Å². The van der Waals surface area contributed by atoms with Crippen molar-refractivity contribution in [3.63, 3.8) is 0 Å². The minimum Gasteiger partial charge on any atom is -0.501 e. The number of aromatic hydroxyl groups is 3. The fraction of sp³-hybridized carbons (Fsp3) is 0.512. The van der Waals surface area contributed by atoms with E-state index in [0.29, 0.717) is 51.5 Å². The molecule has 4 saturated carbocycles. The minimum absolute atomic E-state index is 0.0545. The highest BCUT2D eigenvalue weighted by atomic mass is 16.4. The van der Waals surface area contributed by atoms with Gasteiger partial charge in [0, 0.05) is 63.3 Å². The van der Waals surface area contributed by atoms with Crippen LogP contribution < -0.4 is 26.9 Å². The van der Waals surface area contributed by atoms with Crippen molar-refractivity contribution in [2.75, 3.05) is 13.1 Å². The first-order chi connectivity index (χ1) is 29.0. The van der Waals surface area contributed by atoms with Crippen LogP contribution in [0, 0.1) is 28.6 Å². The lowest BCUT2D eigenvalue weighted by molar-refractivity contribution is -0.202. The first kappa shape index (κ1) is 42.8. The SMILES string of the molecule is Cc1cn(CCCCCC(=O)NCC23CC4(CNC(=O)c5occc(=O)c5O)C[C@](CCC(=O)c5occc(=O)c5O)(C2)C[C@](CCC(=O)c2occc(=O)c2O)(C3)C4)nn1. The fourth-order valence-electron chi connectivity index (χ4n) is 11.2. The molecule has 4 aromatic heterocycles. The maximum absolute atomic E-state index is 13.6. The van der Waals surface area contributed by atoms with Gasteiger partial charge in [-0.1, -0.05) is 11.6 Å². The number of hydrogen-bond acceptors (Lipinski definition) is 15. The van der Waals surface area contributed by atoms with Gasteiger partial charge < -0.3 is 39.2 Å². The Bertz CT molecular complexity index is 2290. The van der Waals surface area contributed by atoms with Crippen LogP contribution in [0.3, 0.4) is 0 Å². The second-order valence-electron chi connectivity index (χ2n) is 17.7. The number of hydrogen-bond donors (Lipinski definition) is 5. The molecule has 2 amide bonds. The predicted octanol–water partition coefficient (Wildman–Crippen LogP) is 4.32. The molecule has 0 spiro atoms. The Morgan fingerprint density at radius 2 is 1.10 bits per heavy atom. The van der Waals surface area contributed by atoms with Gasteiger partial charge in [0.25, 0.3) is 5.91 Å². The Hall–Kier alpha value is -6.33. The number of aromatic nitrogens is 3. The van der Waals surface area contributed by atoms with Gasteiger partial charge in [-0.2, -0.15) is 0 Å². The van der Waals surface area contributed by atoms with Gasteiger partial charge in [-0.25, -0.2) is 0 Å². The van der Waals surface area contributed by atoms with Crippen LogP contribution in [0.25, 0.3) is 0 Å². The lowest BCUT2D eigenvalue weighted by Crippen LogP contribution is -2.65. The second-order valence-corrected chi connectivity index (χ2v) is 17.7. The summed E-state index contributed by atoms with van der Waals surface area (Å²) < 4.78 is 17.5. The van der Waals surface area contributed by atoms with E-state index in [9.17, 15) is 48.9 Å². The predicted molar refractivity (Wildman–Crippen MR) is 213 cm³/mol. The van der Waals surface area contributed by atoms with E-state index in [1.165, 1.54) is 0 Å². The molecule has 4 bridgehead atoms. The number of ketones is 2. The maximum atomic E-state index is 13.6. The summed E-state index contributed by atoms with van der Waals surface area (Å²) in [7, 11) is 0. The molecule has 2 unspecified atom stereocenters. The van der Waals surface area contributed by atoms with E-state index >= 15 is 0 Å². The number of nitrogens with one attached hydrogen (secondary N) is 2. The number of carbonyl (C=O) groups is 4. The number of amides is 2. The molecule has 8 rings (SSSR count). The van der Waals surface area contributed by atoms with Crippen LogP contribution in [0.15, 0.2) is 70.8 Å². The van der Waals surface area contributed by atoms with Gasteiger partial charge >= 0.3 is 0 Å². The summed E-state index contributed by atoms with van der Waals surface area (Å²) in [5.74, 6) is -5.98. The van der Waals surface area contributed by atoms with Crippen molar-refractivity contribution in [2.45, 2.75) is 103 Å². The van der Waals surface area contributed by atoms with Crippen molar-refractivity contribution in [2.24, 2.45) is 21.7 Å². The monoisotopic (exact) mass is 843 g/mol. The van der Waals surface area contributed by atoms with Crippen molar-refractivity contribution < 1.29 is 47.7 Å². The zero-order valence-corrected chi connectivity index (χ0v) is 33.8. The maximum Gasteiger partial charge on any atom is 0.291 e. The minimum atomic E-state index is -0.838. The van der Waals surface area contributed by atoms with Crippen LogP contribution in [0.5, 0.6) is 17.2 Å². The van der Waals surface area contributed by atoms with Gasteiger partial charge in [-0.15, -0.1) is 5.10 Å². The average molecular weight is 844 g/mol. The van der Waals surface area contributed by atoms with E-state index in [1.807, 2.05) is 13.1 Å². The summed E-state index contributed by atoms with van der Waals surface area (Å²) in [4.78, 5) is 90.6. The number of carbonyl (C=O) groups excluding carboxylic acids is 4. The van der Waals surface area contributed by atoms with Crippen LogP contribution in [0.4, 0.5) is 0 Å². The number of aryl methyl sites for hydroxylation is 2. The molecular formula is C43H49N5O13. The molecule has 18 heteroatoms. The molecule has 4 aliphatic carbocycles. The summed E-state index contributed by atoms with van der Waals surface area (Å²) in [6.07, 6.45) is 11.1. The average Bonchev–Trinajstić information content (AvgIpc) is 3.64. The Balaban J connectivity index is 1.16. The van der Waals surface area contributed by atoms with E-state index in [0.717, 1.165) is 55.5 Å². The second kappa shape index (κ2) is 17.0. The summed E-state index contributed by atoms with van der Waals surface area (Å²) in [6, 6.07) is 3.00. The van der Waals surface area contributed by atoms with E-state index in [4.69, 9.17) is 13.3 Å². The number of Topliss-reactive ketones (excluding diaryl/α,β-unsaturated/α-hetero) is 2. The Labute approximate surface area is 348 Å². The molecule has 4 aromatic rings. The van der Waals surface area contributed by atoms with Gasteiger partial charge in [0.05, 0.1) is 24.5 Å². The van der Waals surface area contributed by atoms with E-state index in [1.54, 1.807) is 4.68 Å². The molecule has 0 saturated heterocycles. The Morgan fingerprint density at radius 3 is 1.61 bits per heavy atom. The molecule has 324 valence electrons. The first-order valence-corrected chi connectivity index (χ1v) is 20.4. The molecular weight excluding hydrogens is 794 g/mol. The molecule has 4 atom stereocenters. The van der Waals surface area contributed by atoms with Crippen molar-refractivity contribution in [1.82, 2.24) is 25.6 Å². The van der Waals surface area contributed by atoms with Gasteiger partial charge in [-0.3, -0.25) is 38.2 Å². The molecule has 4 heterocycles.